The summed E-state index contributed by atoms with van der Waals surface area (Å²) in [6.07, 6.45) is 1.00. The number of anilines is 1. The van der Waals surface area contributed by atoms with Gasteiger partial charge in [0.2, 0.25) is 10.0 Å². The molecule has 0 radical (unpaired) electrons. The largest absolute Gasteiger partial charge is 0.478 e. The van der Waals surface area contributed by atoms with E-state index in [9.17, 15) is 13.2 Å². The number of benzene rings is 1. The standard InChI is InChI=1S/C9H10BrNO4S/c1-5-7(9(12)13)3-6(4-8(5)10)11-16(2,14)15/h3-4,11H,1-2H3,(H,12,13). The van der Waals surface area contributed by atoms with Crippen LogP contribution in [0.1, 0.15) is 15.9 Å². The minimum absolute atomic E-state index is 0.0560. The molecule has 0 unspecified atom stereocenters. The van der Waals surface area contributed by atoms with Crippen molar-refractivity contribution in [2.24, 2.45) is 0 Å². The number of halogens is 1. The topological polar surface area (TPSA) is 83.5 Å². The summed E-state index contributed by atoms with van der Waals surface area (Å²) >= 11 is 3.17. The lowest BCUT2D eigenvalue weighted by Gasteiger charge is -2.09. The lowest BCUT2D eigenvalue weighted by Crippen LogP contribution is -2.11. The first kappa shape index (κ1) is 13.0. The van der Waals surface area contributed by atoms with E-state index in [-0.39, 0.29) is 11.3 Å². The Morgan fingerprint density at radius 1 is 1.44 bits per heavy atom. The fourth-order valence-corrected chi connectivity index (χ4v) is 2.18. The quantitative estimate of drug-likeness (QED) is 0.892. The maximum atomic E-state index is 11.0. The van der Waals surface area contributed by atoms with Crippen molar-refractivity contribution in [2.45, 2.75) is 6.92 Å². The van der Waals surface area contributed by atoms with E-state index >= 15 is 0 Å². The van der Waals surface area contributed by atoms with Gasteiger partial charge in [-0.25, -0.2) is 13.2 Å². The second-order valence-electron chi connectivity index (χ2n) is 3.31. The molecule has 0 saturated carbocycles. The van der Waals surface area contributed by atoms with Crippen LogP contribution in [-0.4, -0.2) is 25.7 Å². The Morgan fingerprint density at radius 2 is 2.00 bits per heavy atom. The number of carbonyl (C=O) groups is 1. The molecular formula is C9H10BrNO4S. The molecule has 0 heterocycles. The molecule has 1 aromatic carbocycles. The zero-order valence-electron chi connectivity index (χ0n) is 8.61. The zero-order valence-corrected chi connectivity index (χ0v) is 11.0. The predicted octanol–water partition coefficient (Wildman–Crippen LogP) is 1.83. The lowest BCUT2D eigenvalue weighted by molar-refractivity contribution is 0.0696. The highest BCUT2D eigenvalue weighted by Gasteiger charge is 2.13. The minimum Gasteiger partial charge on any atom is -0.478 e. The van der Waals surface area contributed by atoms with Gasteiger partial charge in [-0.05, 0) is 24.6 Å². The number of carboxylic acids is 1. The number of hydrogen-bond donors (Lipinski definition) is 2. The summed E-state index contributed by atoms with van der Waals surface area (Å²) in [6, 6.07) is 2.80. The Kier molecular flexibility index (Phi) is 3.59. The molecule has 0 fully saturated rings. The van der Waals surface area contributed by atoms with E-state index in [0.717, 1.165) is 6.26 Å². The highest BCUT2D eigenvalue weighted by atomic mass is 79.9. The van der Waals surface area contributed by atoms with Gasteiger partial charge in [-0.1, -0.05) is 15.9 Å². The Morgan fingerprint density at radius 3 is 2.44 bits per heavy atom. The molecule has 0 aliphatic heterocycles. The molecule has 0 saturated heterocycles. The second-order valence-corrected chi connectivity index (χ2v) is 5.91. The van der Waals surface area contributed by atoms with E-state index < -0.39 is 16.0 Å². The van der Waals surface area contributed by atoms with Gasteiger partial charge in [-0.2, -0.15) is 0 Å². The van der Waals surface area contributed by atoms with E-state index in [1.165, 1.54) is 12.1 Å². The predicted molar refractivity (Wildman–Crippen MR) is 64.3 cm³/mol. The monoisotopic (exact) mass is 307 g/mol. The van der Waals surface area contributed by atoms with Crippen LogP contribution in [0.25, 0.3) is 0 Å². The zero-order chi connectivity index (χ0) is 12.5. The first-order valence-electron chi connectivity index (χ1n) is 4.22. The first-order chi connectivity index (χ1) is 7.20. The highest BCUT2D eigenvalue weighted by Crippen LogP contribution is 2.25. The van der Waals surface area contributed by atoms with Crippen LogP contribution in [0.4, 0.5) is 5.69 Å². The van der Waals surface area contributed by atoms with E-state index in [4.69, 9.17) is 5.11 Å². The molecule has 0 bridgehead atoms. The van der Waals surface area contributed by atoms with E-state index in [1.54, 1.807) is 6.92 Å². The minimum atomic E-state index is -3.41. The smallest absolute Gasteiger partial charge is 0.336 e. The molecule has 0 amide bonds. The fourth-order valence-electron chi connectivity index (χ4n) is 1.17. The number of aromatic carboxylic acids is 1. The van der Waals surface area contributed by atoms with Crippen molar-refractivity contribution in [3.63, 3.8) is 0 Å². The fraction of sp³-hybridized carbons (Fsp3) is 0.222. The van der Waals surface area contributed by atoms with Gasteiger partial charge in [0, 0.05) is 4.47 Å². The van der Waals surface area contributed by atoms with Crippen LogP contribution < -0.4 is 4.72 Å². The van der Waals surface area contributed by atoms with Crippen LogP contribution in [0.5, 0.6) is 0 Å². The number of carboxylic acid groups (broad SMARTS) is 1. The van der Waals surface area contributed by atoms with E-state index in [0.29, 0.717) is 10.0 Å². The maximum absolute atomic E-state index is 11.0. The molecule has 0 aromatic heterocycles. The summed E-state index contributed by atoms with van der Waals surface area (Å²) in [5, 5.41) is 8.91. The highest BCUT2D eigenvalue weighted by molar-refractivity contribution is 9.10. The molecule has 1 aromatic rings. The molecule has 0 atom stereocenters. The number of rotatable bonds is 3. The van der Waals surface area contributed by atoms with Crippen molar-refractivity contribution in [3.8, 4) is 0 Å². The van der Waals surface area contributed by atoms with Gasteiger partial charge in [-0.3, -0.25) is 4.72 Å². The van der Waals surface area contributed by atoms with Crippen LogP contribution >= 0.6 is 15.9 Å². The van der Waals surface area contributed by atoms with Crippen LogP contribution in [0.15, 0.2) is 16.6 Å². The maximum Gasteiger partial charge on any atom is 0.336 e. The molecule has 5 nitrogen and oxygen atoms in total. The summed E-state index contributed by atoms with van der Waals surface area (Å²) < 4.78 is 24.8. The second kappa shape index (κ2) is 4.42. The Bertz CT molecular complexity index is 539. The van der Waals surface area contributed by atoms with E-state index in [1.807, 2.05) is 0 Å². The van der Waals surface area contributed by atoms with Gasteiger partial charge in [-0.15, -0.1) is 0 Å². The average Bonchev–Trinajstić information content (AvgIpc) is 2.07. The molecular weight excluding hydrogens is 298 g/mol. The van der Waals surface area contributed by atoms with Crippen LogP contribution in [-0.2, 0) is 10.0 Å². The number of nitrogens with one attached hydrogen (secondary N) is 1. The van der Waals surface area contributed by atoms with Crippen molar-refractivity contribution in [3.05, 3.63) is 27.7 Å². The summed E-state index contributed by atoms with van der Waals surface area (Å²) in [7, 11) is -3.41. The Labute approximate surface area is 102 Å². The van der Waals surface area contributed by atoms with Crippen molar-refractivity contribution >= 4 is 37.6 Å². The third kappa shape index (κ3) is 3.21. The van der Waals surface area contributed by atoms with Gasteiger partial charge < -0.3 is 5.11 Å². The first-order valence-corrected chi connectivity index (χ1v) is 6.90. The Hall–Kier alpha value is -1.08. The van der Waals surface area contributed by atoms with Crippen LogP contribution in [0.3, 0.4) is 0 Å². The van der Waals surface area contributed by atoms with Gasteiger partial charge in [0.1, 0.15) is 0 Å². The van der Waals surface area contributed by atoms with E-state index in [2.05, 4.69) is 20.7 Å². The van der Waals surface area contributed by atoms with Gasteiger partial charge in [0.25, 0.3) is 0 Å². The number of hydrogen-bond acceptors (Lipinski definition) is 3. The summed E-state index contributed by atoms with van der Waals surface area (Å²) in [4.78, 5) is 10.9. The van der Waals surface area contributed by atoms with Gasteiger partial charge in [0.05, 0.1) is 17.5 Å². The summed E-state index contributed by atoms with van der Waals surface area (Å²) in [5.74, 6) is -1.10. The van der Waals surface area contributed by atoms with Crippen molar-refractivity contribution in [1.29, 1.82) is 0 Å². The molecule has 16 heavy (non-hydrogen) atoms. The van der Waals surface area contributed by atoms with Gasteiger partial charge >= 0.3 is 5.97 Å². The normalized spacial score (nSPS) is 11.2. The average molecular weight is 308 g/mol. The van der Waals surface area contributed by atoms with Crippen LogP contribution in [0, 0.1) is 6.92 Å². The van der Waals surface area contributed by atoms with Crippen molar-refractivity contribution in [2.75, 3.05) is 11.0 Å². The van der Waals surface area contributed by atoms with Crippen molar-refractivity contribution < 1.29 is 18.3 Å². The third-order valence-electron chi connectivity index (χ3n) is 1.88. The van der Waals surface area contributed by atoms with Crippen molar-refractivity contribution in [1.82, 2.24) is 0 Å². The lowest BCUT2D eigenvalue weighted by atomic mass is 10.1. The Balaban J connectivity index is 3.30. The molecule has 1 rings (SSSR count). The molecule has 88 valence electrons. The SMILES string of the molecule is Cc1c(Br)cc(NS(C)(=O)=O)cc1C(=O)O. The molecule has 0 spiro atoms. The molecule has 2 N–H and O–H groups in total. The number of sulfonamides is 1. The molecule has 0 aliphatic carbocycles. The summed E-state index contributed by atoms with van der Waals surface area (Å²) in [6.45, 7) is 1.64. The molecule has 7 heteroatoms. The summed E-state index contributed by atoms with van der Waals surface area (Å²) in [5.41, 5.74) is 0.824. The molecule has 0 aliphatic rings. The third-order valence-corrected chi connectivity index (χ3v) is 3.31. The van der Waals surface area contributed by atoms with Crippen LogP contribution in [0.2, 0.25) is 0 Å². The van der Waals surface area contributed by atoms with Gasteiger partial charge in [0.15, 0.2) is 0 Å².